The molecule has 4 aromatic rings. The van der Waals surface area contributed by atoms with Crippen LogP contribution in [-0.4, -0.2) is 51.4 Å². The Kier molecular flexibility index (Phi) is 10.8. The average molecular weight is 584 g/mol. The van der Waals surface area contributed by atoms with Crippen molar-refractivity contribution in [1.29, 1.82) is 0 Å². The summed E-state index contributed by atoms with van der Waals surface area (Å²) in [4.78, 5) is 22.7. The number of aliphatic carboxylic acids is 2. The number of halogens is 3. The summed E-state index contributed by atoms with van der Waals surface area (Å²) >= 11 is 0. The van der Waals surface area contributed by atoms with E-state index in [0.717, 1.165) is 17.0 Å². The van der Waals surface area contributed by atoms with Crippen LogP contribution in [0.15, 0.2) is 90.7 Å². The number of hydrogen-bond acceptors (Lipinski definition) is 6. The number of H-pyrrole nitrogens is 1. The lowest BCUT2D eigenvalue weighted by molar-refractivity contribution is -0.144. The maximum absolute atomic E-state index is 11.7. The molecular formula is C30H28F3N3O6. The quantitative estimate of drug-likeness (QED) is 0.231. The fourth-order valence-electron chi connectivity index (χ4n) is 4.14. The van der Waals surface area contributed by atoms with Gasteiger partial charge < -0.3 is 19.7 Å². The lowest BCUT2D eigenvalue weighted by Crippen LogP contribution is -2.32. The molecule has 0 saturated heterocycles. The van der Waals surface area contributed by atoms with Gasteiger partial charge in [-0.2, -0.15) is 28.6 Å². The Morgan fingerprint density at radius 2 is 1.62 bits per heavy atom. The zero-order valence-electron chi connectivity index (χ0n) is 22.6. The van der Waals surface area contributed by atoms with Gasteiger partial charge in [-0.05, 0) is 59.5 Å². The van der Waals surface area contributed by atoms with E-state index in [0.29, 0.717) is 17.9 Å². The molecule has 1 aromatic heterocycles. The van der Waals surface area contributed by atoms with Crippen LogP contribution in [0, 0.1) is 5.41 Å². The number of aromatic nitrogens is 3. The predicted molar refractivity (Wildman–Crippen MR) is 149 cm³/mol. The van der Waals surface area contributed by atoms with Crippen molar-refractivity contribution in [3.8, 4) is 11.5 Å². The van der Waals surface area contributed by atoms with Gasteiger partial charge in [-0.15, -0.1) is 0 Å². The van der Waals surface area contributed by atoms with Gasteiger partial charge in [0.25, 0.3) is 0 Å². The Morgan fingerprint density at radius 3 is 2.19 bits per heavy atom. The number of nitrogens with one attached hydrogen (secondary N) is 1. The zero-order chi connectivity index (χ0) is 30.7. The molecule has 3 aromatic carbocycles. The zero-order valence-corrected chi connectivity index (χ0v) is 22.6. The second kappa shape index (κ2) is 14.5. The van der Waals surface area contributed by atoms with E-state index >= 15 is 0 Å². The molecule has 9 nitrogen and oxygen atoms in total. The van der Waals surface area contributed by atoms with Gasteiger partial charge >= 0.3 is 18.6 Å². The molecule has 0 spiro atoms. The molecule has 0 aliphatic heterocycles. The van der Waals surface area contributed by atoms with E-state index in [1.165, 1.54) is 16.8 Å². The van der Waals surface area contributed by atoms with E-state index in [-0.39, 0.29) is 12.0 Å². The van der Waals surface area contributed by atoms with Crippen LogP contribution < -0.4 is 9.47 Å². The largest absolute Gasteiger partial charge is 0.497 e. The Bertz CT molecular complexity index is 1550. The monoisotopic (exact) mass is 583 g/mol. The Labute approximate surface area is 238 Å². The summed E-state index contributed by atoms with van der Waals surface area (Å²) in [6.45, 7) is -1.70. The number of nitrogens with zero attached hydrogens (tertiary/aromatic N) is 2. The fourth-order valence-corrected chi connectivity index (χ4v) is 4.14. The highest BCUT2D eigenvalue weighted by molar-refractivity contribution is 5.98. The summed E-state index contributed by atoms with van der Waals surface area (Å²) in [5.74, 6) is -0.621. The molecule has 42 heavy (non-hydrogen) atoms. The van der Waals surface area contributed by atoms with Crippen LogP contribution in [0.2, 0.25) is 0 Å². The van der Waals surface area contributed by atoms with Gasteiger partial charge in [0.05, 0.1) is 18.7 Å². The molecule has 0 bridgehead atoms. The number of aromatic amines is 1. The number of carboxylic acid groups (broad SMARTS) is 2. The molecule has 3 N–H and O–H groups in total. The van der Waals surface area contributed by atoms with Gasteiger partial charge in [0.1, 0.15) is 23.8 Å². The predicted octanol–water partition coefficient (Wildman–Crippen LogP) is 6.30. The molecule has 220 valence electrons. The summed E-state index contributed by atoms with van der Waals surface area (Å²) < 4.78 is 39.7. The van der Waals surface area contributed by atoms with E-state index in [1.807, 2.05) is 30.3 Å². The Morgan fingerprint density at radius 1 is 0.976 bits per heavy atom. The van der Waals surface area contributed by atoms with E-state index in [9.17, 15) is 27.9 Å². The van der Waals surface area contributed by atoms with Crippen molar-refractivity contribution in [3.05, 3.63) is 102 Å². The molecule has 1 aliphatic rings. The first-order chi connectivity index (χ1) is 20.0. The fraction of sp³-hybridized carbons (Fsp3) is 0.200. The highest BCUT2D eigenvalue weighted by Crippen LogP contribution is 2.43. The van der Waals surface area contributed by atoms with Crippen molar-refractivity contribution < 1.29 is 42.4 Å². The Balaban J connectivity index is 0.000000208. The van der Waals surface area contributed by atoms with Crippen molar-refractivity contribution in [1.82, 2.24) is 15.4 Å². The van der Waals surface area contributed by atoms with E-state index < -0.39 is 24.0 Å². The number of carbonyl (C=O) groups is 2. The first-order valence-corrected chi connectivity index (χ1v) is 12.4. The first-order valence-electron chi connectivity index (χ1n) is 12.4. The lowest BCUT2D eigenvalue weighted by Gasteiger charge is -2.31. The number of hydrogen-bond donors (Lipinski definition) is 3. The highest BCUT2D eigenvalue weighted by atomic mass is 19.4. The summed E-state index contributed by atoms with van der Waals surface area (Å²) in [5, 5.41) is 31.2. The van der Waals surface area contributed by atoms with Crippen LogP contribution in [0.25, 0.3) is 16.3 Å². The molecule has 1 aliphatic carbocycles. The van der Waals surface area contributed by atoms with Crippen LogP contribution in [0.5, 0.6) is 11.5 Å². The van der Waals surface area contributed by atoms with Crippen molar-refractivity contribution in [2.45, 2.75) is 26.6 Å². The number of carboxylic acids is 2. The molecular weight excluding hydrogens is 555 g/mol. The third-order valence-electron chi connectivity index (χ3n) is 6.31. The smallest absolute Gasteiger partial charge is 0.379 e. The number of rotatable bonds is 7. The number of alkyl halides is 3. The van der Waals surface area contributed by atoms with Crippen molar-refractivity contribution in [2.75, 3.05) is 7.11 Å². The number of allylic oxidation sites excluding steroid dienone is 2. The van der Waals surface area contributed by atoms with Crippen LogP contribution in [0.3, 0.4) is 0 Å². The summed E-state index contributed by atoms with van der Waals surface area (Å²) in [6.07, 6.45) is 4.64. The molecule has 1 atom stereocenters. The van der Waals surface area contributed by atoms with Gasteiger partial charge in [-0.3, -0.25) is 4.79 Å². The molecule has 1 unspecified atom stereocenters. The van der Waals surface area contributed by atoms with Crippen LogP contribution in [-0.2, 0) is 16.2 Å². The SMILES string of the molecule is COc1ccc(C2=CC=C(C(=O)O)CC2(C)C(=O)O)cc1.FC(F)F.c1ccc2cc(OCc3cn[nH]n3)ccc2c1. The van der Waals surface area contributed by atoms with Crippen LogP contribution >= 0.6 is 0 Å². The summed E-state index contributed by atoms with van der Waals surface area (Å²) in [5.41, 5.74) is 0.941. The van der Waals surface area contributed by atoms with Gasteiger partial charge in [0, 0.05) is 5.57 Å². The van der Waals surface area contributed by atoms with Gasteiger partial charge in [0.15, 0.2) is 0 Å². The van der Waals surface area contributed by atoms with Crippen molar-refractivity contribution in [2.24, 2.45) is 5.41 Å². The molecule has 0 saturated carbocycles. The third-order valence-corrected chi connectivity index (χ3v) is 6.31. The topological polar surface area (TPSA) is 135 Å². The number of fused-ring (bicyclic) bond motifs is 1. The van der Waals surface area contributed by atoms with Crippen LogP contribution in [0.4, 0.5) is 13.2 Å². The summed E-state index contributed by atoms with van der Waals surface area (Å²) in [7, 11) is 1.55. The maximum Gasteiger partial charge on any atom is 0.379 e. The number of benzene rings is 3. The van der Waals surface area contributed by atoms with Crippen molar-refractivity contribution in [3.63, 3.8) is 0 Å². The minimum atomic E-state index is -3.67. The highest BCUT2D eigenvalue weighted by Gasteiger charge is 2.41. The Hall–Kier alpha value is -5.13. The van der Waals surface area contributed by atoms with Gasteiger partial charge in [0.2, 0.25) is 0 Å². The maximum atomic E-state index is 11.7. The average Bonchev–Trinajstić information content (AvgIpc) is 3.50. The number of methoxy groups -OCH3 is 1. The van der Waals surface area contributed by atoms with E-state index in [4.69, 9.17) is 14.6 Å². The first kappa shape index (κ1) is 31.4. The molecule has 0 amide bonds. The van der Waals surface area contributed by atoms with Gasteiger partial charge in [-0.1, -0.05) is 54.6 Å². The number of ether oxygens (including phenoxy) is 2. The van der Waals surface area contributed by atoms with Crippen molar-refractivity contribution >= 4 is 28.3 Å². The molecule has 0 fully saturated rings. The molecule has 1 heterocycles. The standard InChI is InChI=1S/C16H16O5.C13H11N3O.CHF3/c1-16(15(19)20)9-11(14(17)18)5-8-13(16)10-3-6-12(21-2)7-4-10;1-2-4-11-7-13(6-5-10(11)3-1)17-9-12-8-14-16-15-12;2-1(3)4/h3-8H,9H2,1-2H3,(H,17,18)(H,19,20);1-8H,9H2,(H,14,15,16);1H. The summed E-state index contributed by atoms with van der Waals surface area (Å²) in [6, 6.07) is 21.3. The normalized spacial score (nSPS) is 15.8. The molecule has 12 heteroatoms. The lowest BCUT2D eigenvalue weighted by atomic mass is 9.71. The molecule has 0 radical (unpaired) electrons. The minimum Gasteiger partial charge on any atom is -0.497 e. The minimum absolute atomic E-state index is 0.0461. The second-order valence-corrected chi connectivity index (χ2v) is 9.13. The second-order valence-electron chi connectivity index (χ2n) is 9.13. The molecule has 5 rings (SSSR count). The van der Waals surface area contributed by atoms with E-state index in [2.05, 4.69) is 27.5 Å². The third kappa shape index (κ3) is 8.43. The van der Waals surface area contributed by atoms with Crippen LogP contribution in [0.1, 0.15) is 24.6 Å². The van der Waals surface area contributed by atoms with Gasteiger partial charge in [-0.25, -0.2) is 4.79 Å². The van der Waals surface area contributed by atoms with E-state index in [1.54, 1.807) is 50.6 Å².